The highest BCUT2D eigenvalue weighted by atomic mass is 19.1. The van der Waals surface area contributed by atoms with Gasteiger partial charge in [-0.2, -0.15) is 0 Å². The Bertz CT molecular complexity index is 756. The molecule has 1 aromatic rings. The van der Waals surface area contributed by atoms with Gasteiger partial charge < -0.3 is 0 Å². The van der Waals surface area contributed by atoms with E-state index in [4.69, 9.17) is 4.99 Å². The number of aliphatic imine (C=N–C) groups is 1. The molecule has 0 saturated carbocycles. The van der Waals surface area contributed by atoms with Gasteiger partial charge in [-0.1, -0.05) is 19.1 Å². The molecule has 0 radical (unpaired) electrons. The van der Waals surface area contributed by atoms with Crippen molar-refractivity contribution in [3.8, 4) is 0 Å². The summed E-state index contributed by atoms with van der Waals surface area (Å²) in [6.45, 7) is 13.1. The number of hydrogen-bond donors (Lipinski definition) is 0. The van der Waals surface area contributed by atoms with Crippen molar-refractivity contribution in [3.63, 3.8) is 0 Å². The summed E-state index contributed by atoms with van der Waals surface area (Å²) in [5, 5.41) is 0. The largest absolute Gasteiger partial charge is 0.295 e. The molecule has 1 rings (SSSR count). The van der Waals surface area contributed by atoms with Crippen LogP contribution in [0.3, 0.4) is 0 Å². The Labute approximate surface area is 150 Å². The molecule has 0 aliphatic carbocycles. The molecule has 2 nitrogen and oxygen atoms in total. The van der Waals surface area contributed by atoms with Crippen molar-refractivity contribution < 1.29 is 9.18 Å². The maximum Gasteiger partial charge on any atom is 0.159 e. The molecule has 0 unspecified atom stereocenters. The van der Waals surface area contributed by atoms with Gasteiger partial charge in [0.25, 0.3) is 0 Å². The second-order valence-electron chi connectivity index (χ2n) is 6.33. The van der Waals surface area contributed by atoms with Crippen LogP contribution in [0.15, 0.2) is 46.5 Å². The molecule has 0 saturated heterocycles. The van der Waals surface area contributed by atoms with E-state index in [2.05, 4.69) is 0 Å². The molecule has 0 atom stereocenters. The van der Waals surface area contributed by atoms with Crippen molar-refractivity contribution in [1.29, 1.82) is 0 Å². The Balaban J connectivity index is 3.55. The molecule has 0 amide bonds. The van der Waals surface area contributed by atoms with Crippen LogP contribution in [-0.2, 0) is 0 Å². The Hall–Kier alpha value is -2.29. The van der Waals surface area contributed by atoms with E-state index in [1.807, 2.05) is 59.8 Å². The van der Waals surface area contributed by atoms with Crippen LogP contribution in [0.5, 0.6) is 0 Å². The molecule has 0 fully saturated rings. The summed E-state index contributed by atoms with van der Waals surface area (Å²) in [5.74, 6) is -0.547. The first kappa shape index (κ1) is 20.8. The van der Waals surface area contributed by atoms with Crippen molar-refractivity contribution in [3.05, 3.63) is 64.0 Å². The zero-order valence-corrected chi connectivity index (χ0v) is 16.3. The number of benzene rings is 1. The lowest BCUT2D eigenvalue weighted by Crippen LogP contribution is -2.02. The SMILES string of the molecule is C\C=C/C(C)=C\C(C)=N\C(=C(/C)CC)c1c(C)cc(C(C)=O)cc1F. The number of aryl methyl sites for hydroxylation is 1. The molecule has 1 aromatic carbocycles. The summed E-state index contributed by atoms with van der Waals surface area (Å²) < 4.78 is 14.8. The zero-order valence-electron chi connectivity index (χ0n) is 16.3. The number of ketones is 1. The molecule has 0 N–H and O–H groups in total. The van der Waals surface area contributed by atoms with Crippen LogP contribution in [0.25, 0.3) is 5.70 Å². The number of halogens is 1. The van der Waals surface area contributed by atoms with Crippen LogP contribution >= 0.6 is 0 Å². The first-order valence-electron chi connectivity index (χ1n) is 8.58. The first-order chi connectivity index (χ1) is 11.7. The monoisotopic (exact) mass is 341 g/mol. The van der Waals surface area contributed by atoms with Gasteiger partial charge in [-0.15, -0.1) is 0 Å². The molecular formula is C22H28FNO. The lowest BCUT2D eigenvalue weighted by Gasteiger charge is -2.13. The number of allylic oxidation sites excluding steroid dienone is 5. The summed E-state index contributed by atoms with van der Waals surface area (Å²) in [6, 6.07) is 3.04. The lowest BCUT2D eigenvalue weighted by molar-refractivity contribution is 0.101. The van der Waals surface area contributed by atoms with E-state index in [-0.39, 0.29) is 5.78 Å². The highest BCUT2D eigenvalue weighted by Gasteiger charge is 2.16. The second-order valence-corrected chi connectivity index (χ2v) is 6.33. The van der Waals surface area contributed by atoms with E-state index >= 15 is 0 Å². The Morgan fingerprint density at radius 2 is 1.84 bits per heavy atom. The fourth-order valence-corrected chi connectivity index (χ4v) is 2.63. The number of hydrogen-bond acceptors (Lipinski definition) is 2. The summed E-state index contributed by atoms with van der Waals surface area (Å²) >= 11 is 0. The quantitative estimate of drug-likeness (QED) is 0.331. The average Bonchev–Trinajstić information content (AvgIpc) is 2.52. The van der Waals surface area contributed by atoms with E-state index in [1.165, 1.54) is 13.0 Å². The van der Waals surface area contributed by atoms with Crippen molar-refractivity contribution in [2.45, 2.75) is 54.9 Å². The van der Waals surface area contributed by atoms with E-state index in [9.17, 15) is 9.18 Å². The average molecular weight is 341 g/mol. The molecule has 3 heteroatoms. The van der Waals surface area contributed by atoms with Crippen LogP contribution in [0.2, 0.25) is 0 Å². The highest BCUT2D eigenvalue weighted by Crippen LogP contribution is 2.29. The summed E-state index contributed by atoms with van der Waals surface area (Å²) in [7, 11) is 0. The van der Waals surface area contributed by atoms with Crippen molar-refractivity contribution in [1.82, 2.24) is 0 Å². The number of Topliss-reactive ketones (excluding diaryl/α,β-unsaturated/α-hetero) is 1. The molecule has 0 aromatic heterocycles. The standard InChI is InChI=1S/C22H28FNO/c1-8-10-14(3)11-17(6)24-22(15(4)9-2)21-16(5)12-19(18(7)25)13-20(21)23/h8,10-13H,9H2,1-7H3/b10-8-,14-11-,22-15+,24-17+. The minimum atomic E-state index is -0.404. The fourth-order valence-electron chi connectivity index (χ4n) is 2.63. The first-order valence-corrected chi connectivity index (χ1v) is 8.58. The normalized spacial score (nSPS) is 14.1. The maximum absolute atomic E-state index is 14.8. The predicted octanol–water partition coefficient (Wildman–Crippen LogP) is 6.46. The minimum absolute atomic E-state index is 0.143. The van der Waals surface area contributed by atoms with E-state index < -0.39 is 5.82 Å². The topological polar surface area (TPSA) is 29.4 Å². The van der Waals surface area contributed by atoms with Gasteiger partial charge in [-0.05, 0) is 82.9 Å². The molecule has 25 heavy (non-hydrogen) atoms. The van der Waals surface area contributed by atoms with Gasteiger partial charge in [0, 0.05) is 16.8 Å². The van der Waals surface area contributed by atoms with Crippen LogP contribution in [0.4, 0.5) is 4.39 Å². The van der Waals surface area contributed by atoms with Gasteiger partial charge in [0.1, 0.15) is 5.82 Å². The van der Waals surface area contributed by atoms with Crippen molar-refractivity contribution in [2.24, 2.45) is 4.99 Å². The molecule has 0 bridgehead atoms. The van der Waals surface area contributed by atoms with Crippen LogP contribution in [0.1, 0.15) is 69.4 Å². The van der Waals surface area contributed by atoms with Crippen LogP contribution in [-0.4, -0.2) is 11.5 Å². The third kappa shape index (κ3) is 5.63. The molecular weight excluding hydrogens is 313 g/mol. The van der Waals surface area contributed by atoms with E-state index in [0.29, 0.717) is 16.8 Å². The molecule has 0 aliphatic rings. The third-order valence-corrected chi connectivity index (χ3v) is 4.02. The van der Waals surface area contributed by atoms with Gasteiger partial charge in [-0.3, -0.25) is 9.79 Å². The van der Waals surface area contributed by atoms with Gasteiger partial charge >= 0.3 is 0 Å². The maximum atomic E-state index is 14.8. The van der Waals surface area contributed by atoms with Crippen molar-refractivity contribution >= 4 is 17.2 Å². The second kappa shape index (κ2) is 9.26. The molecule has 0 aliphatic heterocycles. The lowest BCUT2D eigenvalue weighted by atomic mass is 9.97. The Kier molecular flexibility index (Phi) is 7.69. The van der Waals surface area contributed by atoms with Gasteiger partial charge in [0.15, 0.2) is 5.78 Å². The number of rotatable bonds is 6. The van der Waals surface area contributed by atoms with Crippen molar-refractivity contribution in [2.75, 3.05) is 0 Å². The summed E-state index contributed by atoms with van der Waals surface area (Å²) in [6.07, 6.45) is 6.72. The van der Waals surface area contributed by atoms with Gasteiger partial charge in [-0.25, -0.2) is 4.39 Å². The molecule has 134 valence electrons. The predicted molar refractivity (Wildman–Crippen MR) is 106 cm³/mol. The van der Waals surface area contributed by atoms with Crippen LogP contribution < -0.4 is 0 Å². The van der Waals surface area contributed by atoms with Gasteiger partial charge in [0.2, 0.25) is 0 Å². The zero-order chi connectivity index (χ0) is 19.1. The van der Waals surface area contributed by atoms with E-state index in [1.54, 1.807) is 6.07 Å². The molecule has 0 heterocycles. The van der Waals surface area contributed by atoms with E-state index in [0.717, 1.165) is 28.8 Å². The minimum Gasteiger partial charge on any atom is -0.295 e. The van der Waals surface area contributed by atoms with Crippen LogP contribution in [0, 0.1) is 12.7 Å². The smallest absolute Gasteiger partial charge is 0.159 e. The third-order valence-electron chi connectivity index (χ3n) is 4.02. The summed E-state index contributed by atoms with van der Waals surface area (Å²) in [5.41, 5.74) is 5.13. The Morgan fingerprint density at radius 3 is 2.32 bits per heavy atom. The number of carbonyl (C=O) groups excluding carboxylic acids is 1. The fraction of sp³-hybridized carbons (Fsp3) is 0.364. The van der Waals surface area contributed by atoms with Gasteiger partial charge in [0.05, 0.1) is 5.70 Å². The highest BCUT2D eigenvalue weighted by molar-refractivity contribution is 5.98. The Morgan fingerprint density at radius 1 is 1.20 bits per heavy atom. The molecule has 0 spiro atoms. The number of nitrogens with zero attached hydrogens (tertiary/aromatic N) is 1. The number of carbonyl (C=O) groups is 1. The summed E-state index contributed by atoms with van der Waals surface area (Å²) in [4.78, 5) is 16.3.